The van der Waals surface area contributed by atoms with Crippen LogP contribution < -0.4 is 5.73 Å². The summed E-state index contributed by atoms with van der Waals surface area (Å²) in [5, 5.41) is 0.535. The predicted octanol–water partition coefficient (Wildman–Crippen LogP) is 3.14. The first-order valence-corrected chi connectivity index (χ1v) is 5.46. The maximum atomic E-state index is 5.99. The molecule has 0 radical (unpaired) electrons. The Labute approximate surface area is 100 Å². The number of furan rings is 1. The van der Waals surface area contributed by atoms with E-state index in [1.54, 1.807) is 30.7 Å². The van der Waals surface area contributed by atoms with E-state index in [0.717, 1.165) is 4.47 Å². The first-order valence-electron chi connectivity index (χ1n) is 4.29. The van der Waals surface area contributed by atoms with Gasteiger partial charge in [-0.05, 0) is 34.1 Å². The standard InChI is InChI=1S/C10H8BrClN2O/c11-6-3-5-15-10(6)8(13)9-7(12)2-1-4-14-9/h1-5,8H,13H2. The Balaban J connectivity index is 2.41. The molecule has 3 nitrogen and oxygen atoms in total. The second kappa shape index (κ2) is 4.35. The number of aromatic nitrogens is 1. The topological polar surface area (TPSA) is 52.0 Å². The molecule has 5 heteroatoms. The number of nitrogens with two attached hydrogens (primary N) is 1. The van der Waals surface area contributed by atoms with Crippen LogP contribution in [0.25, 0.3) is 0 Å². The van der Waals surface area contributed by atoms with Crippen LogP contribution in [0.4, 0.5) is 0 Å². The molecule has 0 spiro atoms. The van der Waals surface area contributed by atoms with Crippen molar-refractivity contribution in [3.05, 3.63) is 51.6 Å². The van der Waals surface area contributed by atoms with Crippen molar-refractivity contribution >= 4 is 27.5 Å². The lowest BCUT2D eigenvalue weighted by atomic mass is 10.1. The highest BCUT2D eigenvalue weighted by atomic mass is 79.9. The molecular formula is C10H8BrClN2O. The fourth-order valence-electron chi connectivity index (χ4n) is 1.28. The van der Waals surface area contributed by atoms with Gasteiger partial charge in [-0.3, -0.25) is 4.98 Å². The van der Waals surface area contributed by atoms with E-state index in [1.807, 2.05) is 0 Å². The Morgan fingerprint density at radius 3 is 2.87 bits per heavy atom. The number of rotatable bonds is 2. The molecule has 1 unspecified atom stereocenters. The average molecular weight is 288 g/mol. The Morgan fingerprint density at radius 1 is 1.47 bits per heavy atom. The van der Waals surface area contributed by atoms with Crippen LogP contribution in [0.1, 0.15) is 17.5 Å². The van der Waals surface area contributed by atoms with E-state index in [-0.39, 0.29) is 0 Å². The lowest BCUT2D eigenvalue weighted by molar-refractivity contribution is 0.484. The fraction of sp³-hybridized carbons (Fsp3) is 0.100. The van der Waals surface area contributed by atoms with Crippen LogP contribution in [0, 0.1) is 0 Å². The van der Waals surface area contributed by atoms with Crippen molar-refractivity contribution in [1.82, 2.24) is 4.98 Å². The van der Waals surface area contributed by atoms with Gasteiger partial charge in [0.15, 0.2) is 0 Å². The van der Waals surface area contributed by atoms with Crippen LogP contribution in [0.15, 0.2) is 39.5 Å². The van der Waals surface area contributed by atoms with E-state index in [0.29, 0.717) is 16.5 Å². The first-order chi connectivity index (χ1) is 7.20. The molecule has 0 amide bonds. The number of hydrogen-bond donors (Lipinski definition) is 1. The van der Waals surface area contributed by atoms with Crippen LogP contribution in [-0.2, 0) is 0 Å². The van der Waals surface area contributed by atoms with Crippen molar-refractivity contribution in [1.29, 1.82) is 0 Å². The molecule has 2 rings (SSSR count). The van der Waals surface area contributed by atoms with Crippen LogP contribution in [0.3, 0.4) is 0 Å². The average Bonchev–Trinajstić information content (AvgIpc) is 2.64. The summed E-state index contributed by atoms with van der Waals surface area (Å²) in [5.74, 6) is 0.621. The molecule has 1 atom stereocenters. The maximum absolute atomic E-state index is 5.99. The summed E-state index contributed by atoms with van der Waals surface area (Å²) in [7, 11) is 0. The zero-order chi connectivity index (χ0) is 10.8. The summed E-state index contributed by atoms with van der Waals surface area (Å²) < 4.78 is 6.08. The summed E-state index contributed by atoms with van der Waals surface area (Å²) in [4.78, 5) is 4.14. The molecule has 0 fully saturated rings. The molecule has 15 heavy (non-hydrogen) atoms. The van der Waals surface area contributed by atoms with Crippen molar-refractivity contribution < 1.29 is 4.42 Å². The summed E-state index contributed by atoms with van der Waals surface area (Å²) in [6.07, 6.45) is 3.22. The number of pyridine rings is 1. The minimum absolute atomic E-state index is 0.455. The molecule has 0 saturated carbocycles. The molecule has 0 bridgehead atoms. The van der Waals surface area contributed by atoms with Gasteiger partial charge < -0.3 is 10.2 Å². The largest absolute Gasteiger partial charge is 0.466 e. The van der Waals surface area contributed by atoms with Gasteiger partial charge in [0.1, 0.15) is 11.8 Å². The Hall–Kier alpha value is -0.840. The van der Waals surface area contributed by atoms with E-state index in [1.165, 1.54) is 0 Å². The van der Waals surface area contributed by atoms with E-state index >= 15 is 0 Å². The van der Waals surface area contributed by atoms with Gasteiger partial charge in [0.2, 0.25) is 0 Å². The fourth-order valence-corrected chi connectivity index (χ4v) is 1.97. The first kappa shape index (κ1) is 10.7. The molecule has 0 aromatic carbocycles. The third kappa shape index (κ3) is 2.07. The zero-order valence-electron chi connectivity index (χ0n) is 7.65. The molecule has 0 aliphatic rings. The SMILES string of the molecule is NC(c1ncccc1Cl)c1occc1Br. The van der Waals surface area contributed by atoms with Gasteiger partial charge >= 0.3 is 0 Å². The summed E-state index contributed by atoms with van der Waals surface area (Å²) in [5.41, 5.74) is 6.60. The Bertz CT molecular complexity index is 472. The van der Waals surface area contributed by atoms with Gasteiger partial charge in [0, 0.05) is 6.20 Å². The monoisotopic (exact) mass is 286 g/mol. The van der Waals surface area contributed by atoms with Crippen molar-refractivity contribution in [2.75, 3.05) is 0 Å². The highest BCUT2D eigenvalue weighted by molar-refractivity contribution is 9.10. The molecule has 0 saturated heterocycles. The molecule has 0 aliphatic heterocycles. The third-order valence-electron chi connectivity index (χ3n) is 2.01. The molecular weight excluding hydrogens is 279 g/mol. The van der Waals surface area contributed by atoms with E-state index in [9.17, 15) is 0 Å². The predicted molar refractivity (Wildman–Crippen MR) is 61.7 cm³/mol. The summed E-state index contributed by atoms with van der Waals surface area (Å²) >= 11 is 9.33. The van der Waals surface area contributed by atoms with Gasteiger partial charge in [0.05, 0.1) is 21.5 Å². The summed E-state index contributed by atoms with van der Waals surface area (Å²) in [6, 6.07) is 4.84. The second-order valence-electron chi connectivity index (χ2n) is 2.98. The van der Waals surface area contributed by atoms with Crippen molar-refractivity contribution in [3.8, 4) is 0 Å². The lowest BCUT2D eigenvalue weighted by Crippen LogP contribution is -2.13. The van der Waals surface area contributed by atoms with E-state index < -0.39 is 6.04 Å². The van der Waals surface area contributed by atoms with Crippen LogP contribution >= 0.6 is 27.5 Å². The highest BCUT2D eigenvalue weighted by Gasteiger charge is 2.19. The minimum atomic E-state index is -0.455. The second-order valence-corrected chi connectivity index (χ2v) is 4.24. The van der Waals surface area contributed by atoms with Gasteiger partial charge in [-0.1, -0.05) is 11.6 Å². The molecule has 2 aromatic heterocycles. The zero-order valence-corrected chi connectivity index (χ0v) is 9.99. The van der Waals surface area contributed by atoms with Crippen molar-refractivity contribution in [2.24, 2.45) is 5.73 Å². The van der Waals surface area contributed by atoms with E-state index in [4.69, 9.17) is 21.8 Å². The van der Waals surface area contributed by atoms with Gasteiger partial charge in [-0.2, -0.15) is 0 Å². The Kier molecular flexibility index (Phi) is 3.09. The molecule has 2 heterocycles. The van der Waals surface area contributed by atoms with Crippen molar-refractivity contribution in [3.63, 3.8) is 0 Å². The Morgan fingerprint density at radius 2 is 2.27 bits per heavy atom. The van der Waals surface area contributed by atoms with Gasteiger partial charge in [0.25, 0.3) is 0 Å². The number of hydrogen-bond acceptors (Lipinski definition) is 3. The normalized spacial score (nSPS) is 12.7. The van der Waals surface area contributed by atoms with Crippen molar-refractivity contribution in [2.45, 2.75) is 6.04 Å². The third-order valence-corrected chi connectivity index (χ3v) is 2.98. The molecule has 78 valence electrons. The number of halogens is 2. The minimum Gasteiger partial charge on any atom is -0.466 e. The summed E-state index contributed by atoms with van der Waals surface area (Å²) in [6.45, 7) is 0. The molecule has 2 aromatic rings. The highest BCUT2D eigenvalue weighted by Crippen LogP contribution is 2.29. The van der Waals surface area contributed by atoms with Gasteiger partial charge in [-0.25, -0.2) is 0 Å². The van der Waals surface area contributed by atoms with E-state index in [2.05, 4.69) is 20.9 Å². The van der Waals surface area contributed by atoms with Gasteiger partial charge in [-0.15, -0.1) is 0 Å². The maximum Gasteiger partial charge on any atom is 0.140 e. The lowest BCUT2D eigenvalue weighted by Gasteiger charge is -2.10. The van der Waals surface area contributed by atoms with Crippen LogP contribution in [0.2, 0.25) is 5.02 Å². The smallest absolute Gasteiger partial charge is 0.140 e. The number of nitrogens with zero attached hydrogens (tertiary/aromatic N) is 1. The molecule has 2 N–H and O–H groups in total. The molecule has 0 aliphatic carbocycles. The van der Waals surface area contributed by atoms with Crippen LogP contribution in [-0.4, -0.2) is 4.98 Å². The quantitative estimate of drug-likeness (QED) is 0.923. The van der Waals surface area contributed by atoms with Crippen LogP contribution in [0.5, 0.6) is 0 Å².